The Morgan fingerprint density at radius 2 is 0.526 bits per heavy atom. The van der Waals surface area contributed by atoms with Crippen LogP contribution in [-0.2, 0) is 0 Å². The van der Waals surface area contributed by atoms with Gasteiger partial charge < -0.3 is 19.3 Å². The summed E-state index contributed by atoms with van der Waals surface area (Å²) in [6.45, 7) is 0. The number of rotatable bonds is 9. The van der Waals surface area contributed by atoms with Crippen molar-refractivity contribution in [1.29, 1.82) is 0 Å². The summed E-state index contributed by atoms with van der Waals surface area (Å²) >= 11 is 0. The van der Waals surface area contributed by atoms with Crippen molar-refractivity contribution in [1.82, 2.24) is 19.9 Å². The molecule has 0 fully saturated rings. The fourth-order valence-corrected chi connectivity index (χ4v) is 10.3. The summed E-state index contributed by atoms with van der Waals surface area (Å²) in [5, 5.41) is 0. The fraction of sp³-hybridized carbons (Fsp3) is 0. The van der Waals surface area contributed by atoms with Gasteiger partial charge in [0.1, 0.15) is 0 Å². The number of benzene rings is 10. The van der Waals surface area contributed by atoms with Crippen molar-refractivity contribution in [2.75, 3.05) is 9.80 Å². The second-order valence-corrected chi connectivity index (χ2v) is 18.6. The first-order chi connectivity index (χ1) is 37.7. The number of para-hydroxylation sites is 8. The summed E-state index contributed by atoms with van der Waals surface area (Å²) in [6.07, 6.45) is 0. The lowest BCUT2D eigenvalue weighted by molar-refractivity contribution is 0.477. The zero-order valence-corrected chi connectivity index (χ0v) is 40.9. The van der Waals surface area contributed by atoms with E-state index in [4.69, 9.17) is 29.4 Å². The third-order valence-electron chi connectivity index (χ3n) is 13.9. The predicted molar refractivity (Wildman–Crippen MR) is 305 cm³/mol. The van der Waals surface area contributed by atoms with E-state index in [1.54, 1.807) is 0 Å². The summed E-state index contributed by atoms with van der Waals surface area (Å²) in [7, 11) is 0. The molecule has 0 spiro atoms. The third kappa shape index (κ3) is 8.07. The number of hydrogen-bond acceptors (Lipinski definition) is 8. The van der Waals surface area contributed by atoms with Crippen molar-refractivity contribution in [3.05, 3.63) is 267 Å². The molecular formula is C68H44N6O2. The minimum Gasteiger partial charge on any atom is -0.453 e. The molecule has 0 aliphatic carbocycles. The predicted octanol–water partition coefficient (Wildman–Crippen LogP) is 18.1. The number of hydrogen-bond donors (Lipinski definition) is 0. The largest absolute Gasteiger partial charge is 0.453 e. The van der Waals surface area contributed by atoms with Crippen molar-refractivity contribution in [3.63, 3.8) is 0 Å². The molecule has 0 atom stereocenters. The van der Waals surface area contributed by atoms with Gasteiger partial charge in [-0.15, -0.1) is 0 Å². The molecule has 12 aromatic rings. The molecule has 0 bridgehead atoms. The van der Waals surface area contributed by atoms with Gasteiger partial charge in [-0.3, -0.25) is 0 Å². The van der Waals surface area contributed by atoms with E-state index in [9.17, 15) is 0 Å². The van der Waals surface area contributed by atoms with E-state index in [2.05, 4.69) is 155 Å². The van der Waals surface area contributed by atoms with Crippen molar-refractivity contribution < 1.29 is 9.47 Å². The van der Waals surface area contributed by atoms with E-state index in [-0.39, 0.29) is 0 Å². The molecule has 76 heavy (non-hydrogen) atoms. The lowest BCUT2D eigenvalue weighted by Crippen LogP contribution is -2.16. The topological polar surface area (TPSA) is 76.5 Å². The fourth-order valence-electron chi connectivity index (χ4n) is 10.3. The Kier molecular flexibility index (Phi) is 11.0. The average molecular weight is 977 g/mol. The van der Waals surface area contributed by atoms with Crippen LogP contribution in [0.3, 0.4) is 0 Å². The molecule has 0 unspecified atom stereocenters. The Labute approximate surface area is 440 Å². The second-order valence-electron chi connectivity index (χ2n) is 18.6. The highest BCUT2D eigenvalue weighted by atomic mass is 16.5. The molecule has 14 rings (SSSR count). The normalized spacial score (nSPS) is 12.1. The highest BCUT2D eigenvalue weighted by Gasteiger charge is 2.30. The molecule has 0 radical (unpaired) electrons. The maximum absolute atomic E-state index is 6.53. The van der Waals surface area contributed by atoms with E-state index in [1.807, 2.05) is 121 Å². The third-order valence-corrected chi connectivity index (χ3v) is 13.9. The molecule has 4 heterocycles. The molecule has 2 aromatic heterocycles. The van der Waals surface area contributed by atoms with Crippen LogP contribution in [0, 0.1) is 0 Å². The molecule has 2 aliphatic heterocycles. The quantitative estimate of drug-likeness (QED) is 0.142. The van der Waals surface area contributed by atoms with E-state index in [0.717, 1.165) is 124 Å². The molecule has 358 valence electrons. The Bertz CT molecular complexity index is 3660. The zero-order valence-electron chi connectivity index (χ0n) is 40.9. The minimum absolute atomic E-state index is 0.617. The van der Waals surface area contributed by atoms with Crippen LogP contribution in [0.15, 0.2) is 267 Å². The molecule has 0 saturated heterocycles. The van der Waals surface area contributed by atoms with Crippen molar-refractivity contribution in [3.8, 4) is 102 Å². The summed E-state index contributed by atoms with van der Waals surface area (Å²) < 4.78 is 13.1. The van der Waals surface area contributed by atoms with Crippen molar-refractivity contribution >= 4 is 34.1 Å². The zero-order chi connectivity index (χ0) is 50.4. The van der Waals surface area contributed by atoms with Gasteiger partial charge in [0.15, 0.2) is 34.6 Å². The second kappa shape index (κ2) is 18.9. The summed E-state index contributed by atoms with van der Waals surface area (Å²) in [5.74, 6) is 4.30. The Morgan fingerprint density at radius 3 is 0.868 bits per heavy atom. The molecule has 0 N–H and O–H groups in total. The Hall–Kier alpha value is -10.4. The number of nitrogens with zero attached hydrogens (tertiary/aromatic N) is 6. The highest BCUT2D eigenvalue weighted by molar-refractivity contribution is 5.98. The van der Waals surface area contributed by atoms with Crippen LogP contribution in [0.2, 0.25) is 0 Å². The van der Waals surface area contributed by atoms with E-state index in [0.29, 0.717) is 11.6 Å². The maximum Gasteiger partial charge on any atom is 0.160 e. The molecular weight excluding hydrogens is 933 g/mol. The van der Waals surface area contributed by atoms with Crippen LogP contribution in [0.25, 0.3) is 78.9 Å². The molecule has 2 aliphatic rings. The monoisotopic (exact) mass is 976 g/mol. The van der Waals surface area contributed by atoms with Crippen LogP contribution < -0.4 is 19.3 Å². The van der Waals surface area contributed by atoms with E-state index >= 15 is 0 Å². The summed E-state index contributed by atoms with van der Waals surface area (Å²) in [4.78, 5) is 26.1. The van der Waals surface area contributed by atoms with Crippen LogP contribution >= 0.6 is 0 Å². The van der Waals surface area contributed by atoms with Gasteiger partial charge in [-0.25, -0.2) is 19.9 Å². The number of aromatic nitrogens is 4. The first-order valence-electron chi connectivity index (χ1n) is 25.3. The Balaban J connectivity index is 1.07. The van der Waals surface area contributed by atoms with Gasteiger partial charge in [0.25, 0.3) is 0 Å². The van der Waals surface area contributed by atoms with E-state index in [1.165, 1.54) is 0 Å². The number of anilines is 6. The van der Waals surface area contributed by atoms with Gasteiger partial charge >= 0.3 is 0 Å². The van der Waals surface area contributed by atoms with Gasteiger partial charge in [0, 0.05) is 44.8 Å². The molecule has 8 heteroatoms. The lowest BCUT2D eigenvalue weighted by atomic mass is 9.90. The average Bonchev–Trinajstić information content (AvgIpc) is 3.51. The molecule has 0 saturated carbocycles. The maximum atomic E-state index is 6.53. The van der Waals surface area contributed by atoms with Crippen LogP contribution in [-0.4, -0.2) is 19.9 Å². The first kappa shape index (κ1) is 44.3. The van der Waals surface area contributed by atoms with Gasteiger partial charge in [-0.2, -0.15) is 0 Å². The van der Waals surface area contributed by atoms with Gasteiger partial charge in [0.2, 0.25) is 0 Å². The number of fused-ring (bicyclic) bond motifs is 4. The van der Waals surface area contributed by atoms with Crippen LogP contribution in [0.5, 0.6) is 23.0 Å². The minimum atomic E-state index is 0.617. The standard InChI is InChI=1S/C68H44N6O2/c1-5-21-45(22-6-1)55-43-57(71-67(69-55)47-25-9-3-10-26-47)53-41-49(73-59-29-13-17-33-63(59)75-64-34-18-14-30-60(64)73)37-39-51(53)52-40-38-50(74-61-31-15-19-35-65(61)76-66-36-20-16-32-62(66)74)42-54(52)58-44-56(46-23-7-2-8-24-46)70-68(72-58)48-27-11-4-12-28-48/h1-44H. The van der Waals surface area contributed by atoms with Crippen LogP contribution in [0.4, 0.5) is 34.1 Å². The van der Waals surface area contributed by atoms with Crippen molar-refractivity contribution in [2.24, 2.45) is 0 Å². The Morgan fingerprint density at radius 1 is 0.237 bits per heavy atom. The van der Waals surface area contributed by atoms with Gasteiger partial charge in [0.05, 0.1) is 45.5 Å². The molecule has 0 amide bonds. The number of ether oxygens (including phenoxy) is 2. The highest BCUT2D eigenvalue weighted by Crippen LogP contribution is 2.54. The molecule has 8 nitrogen and oxygen atoms in total. The van der Waals surface area contributed by atoms with Crippen molar-refractivity contribution in [2.45, 2.75) is 0 Å². The van der Waals surface area contributed by atoms with E-state index < -0.39 is 0 Å². The van der Waals surface area contributed by atoms with Gasteiger partial charge in [-0.05, 0) is 96.1 Å². The molecule has 10 aromatic carbocycles. The SMILES string of the molecule is c1ccc(-c2cc(-c3cc(N4c5ccccc5Oc5ccccc54)ccc3-c3ccc(N4c5ccccc5Oc5ccccc54)cc3-c3cc(-c4ccccc4)nc(-c4ccccc4)n3)nc(-c3ccccc3)n2)cc1. The lowest BCUT2D eigenvalue weighted by Gasteiger charge is -2.33. The summed E-state index contributed by atoms with van der Waals surface area (Å²) in [5.41, 5.74) is 16.2. The smallest absolute Gasteiger partial charge is 0.160 e. The van der Waals surface area contributed by atoms with Crippen LogP contribution in [0.1, 0.15) is 0 Å². The summed E-state index contributed by atoms with van der Waals surface area (Å²) in [6, 6.07) is 91.4. The van der Waals surface area contributed by atoms with Gasteiger partial charge in [-0.1, -0.05) is 182 Å². The first-order valence-corrected chi connectivity index (χ1v) is 25.3.